The molecule has 1 aromatic carbocycles. The standard InChI is InChI=1S/C18H15N5O4/c1-2-26-17-8-7-15-20-21-16(23(15)22-17)10-19-18(25)14-9-12(24)11-5-3-4-6-13(11)27-14/h3-9H,2,10H2,1H3,(H,19,25). The summed E-state index contributed by atoms with van der Waals surface area (Å²) in [5, 5.41) is 15.4. The number of nitrogens with zero attached hydrogens (tertiary/aromatic N) is 4. The van der Waals surface area contributed by atoms with Crippen molar-refractivity contribution < 1.29 is 13.9 Å². The highest BCUT2D eigenvalue weighted by Crippen LogP contribution is 2.12. The lowest BCUT2D eigenvalue weighted by Crippen LogP contribution is -2.25. The molecule has 0 atom stereocenters. The number of aromatic nitrogens is 4. The Morgan fingerprint density at radius 3 is 2.93 bits per heavy atom. The first kappa shape index (κ1) is 16.7. The summed E-state index contributed by atoms with van der Waals surface area (Å²) in [6.07, 6.45) is 0. The zero-order valence-corrected chi connectivity index (χ0v) is 14.4. The number of hydrogen-bond donors (Lipinski definition) is 1. The minimum Gasteiger partial charge on any atom is -0.477 e. The van der Waals surface area contributed by atoms with Crippen LogP contribution in [0.5, 0.6) is 5.88 Å². The van der Waals surface area contributed by atoms with E-state index in [0.717, 1.165) is 0 Å². The Balaban J connectivity index is 1.57. The molecule has 0 saturated heterocycles. The number of benzene rings is 1. The van der Waals surface area contributed by atoms with Gasteiger partial charge in [-0.2, -0.15) is 4.52 Å². The first-order valence-electron chi connectivity index (χ1n) is 8.31. The molecule has 1 N–H and O–H groups in total. The highest BCUT2D eigenvalue weighted by molar-refractivity contribution is 5.93. The van der Waals surface area contributed by atoms with E-state index < -0.39 is 5.91 Å². The Bertz CT molecular complexity index is 1200. The van der Waals surface area contributed by atoms with Gasteiger partial charge < -0.3 is 14.5 Å². The summed E-state index contributed by atoms with van der Waals surface area (Å²) in [6, 6.07) is 11.3. The Morgan fingerprint density at radius 2 is 2.07 bits per heavy atom. The van der Waals surface area contributed by atoms with Crippen LogP contribution in [0, 0.1) is 0 Å². The van der Waals surface area contributed by atoms with Crippen molar-refractivity contribution in [1.82, 2.24) is 25.1 Å². The minimum atomic E-state index is -0.532. The normalized spacial score (nSPS) is 11.0. The topological polar surface area (TPSA) is 112 Å². The second-order valence-corrected chi connectivity index (χ2v) is 5.64. The summed E-state index contributed by atoms with van der Waals surface area (Å²) in [5.74, 6) is 0.243. The van der Waals surface area contributed by atoms with Gasteiger partial charge in [-0.3, -0.25) is 9.59 Å². The number of carbonyl (C=O) groups is 1. The molecule has 136 valence electrons. The van der Waals surface area contributed by atoms with E-state index in [4.69, 9.17) is 9.15 Å². The van der Waals surface area contributed by atoms with Crippen molar-refractivity contribution >= 4 is 22.5 Å². The Morgan fingerprint density at radius 1 is 1.22 bits per heavy atom. The van der Waals surface area contributed by atoms with Gasteiger partial charge in [-0.15, -0.1) is 15.3 Å². The summed E-state index contributed by atoms with van der Waals surface area (Å²) in [6.45, 7) is 2.39. The van der Waals surface area contributed by atoms with E-state index in [1.165, 1.54) is 10.6 Å². The van der Waals surface area contributed by atoms with Gasteiger partial charge in [-0.05, 0) is 25.1 Å². The van der Waals surface area contributed by atoms with Gasteiger partial charge in [0.1, 0.15) is 5.58 Å². The van der Waals surface area contributed by atoms with E-state index in [9.17, 15) is 9.59 Å². The second kappa shape index (κ2) is 6.87. The predicted octanol–water partition coefficient (Wildman–Crippen LogP) is 1.56. The molecule has 4 aromatic rings. The molecule has 0 aliphatic rings. The Labute approximate surface area is 152 Å². The van der Waals surface area contributed by atoms with Gasteiger partial charge in [0, 0.05) is 12.1 Å². The van der Waals surface area contributed by atoms with Crippen LogP contribution in [0.25, 0.3) is 16.6 Å². The van der Waals surface area contributed by atoms with E-state index in [-0.39, 0.29) is 17.7 Å². The second-order valence-electron chi connectivity index (χ2n) is 5.64. The third-order valence-electron chi connectivity index (χ3n) is 3.86. The molecule has 9 heteroatoms. The van der Waals surface area contributed by atoms with Gasteiger partial charge >= 0.3 is 0 Å². The molecule has 0 spiro atoms. The lowest BCUT2D eigenvalue weighted by molar-refractivity contribution is 0.0922. The molecule has 3 heterocycles. The summed E-state index contributed by atoms with van der Waals surface area (Å²) >= 11 is 0. The molecule has 0 saturated carbocycles. The summed E-state index contributed by atoms with van der Waals surface area (Å²) < 4.78 is 12.4. The molecule has 27 heavy (non-hydrogen) atoms. The molecule has 1 amide bonds. The zero-order chi connectivity index (χ0) is 18.8. The van der Waals surface area contributed by atoms with E-state index >= 15 is 0 Å². The largest absolute Gasteiger partial charge is 0.477 e. The van der Waals surface area contributed by atoms with Crippen molar-refractivity contribution in [3.8, 4) is 5.88 Å². The first-order valence-corrected chi connectivity index (χ1v) is 8.31. The summed E-state index contributed by atoms with van der Waals surface area (Å²) in [4.78, 5) is 24.5. The van der Waals surface area contributed by atoms with Crippen LogP contribution in [0.1, 0.15) is 23.3 Å². The Hall–Kier alpha value is -3.75. The van der Waals surface area contributed by atoms with Gasteiger partial charge in [-0.1, -0.05) is 12.1 Å². The molecule has 9 nitrogen and oxygen atoms in total. The number of ether oxygens (including phenoxy) is 1. The lowest BCUT2D eigenvalue weighted by Gasteiger charge is -2.05. The fourth-order valence-corrected chi connectivity index (χ4v) is 2.61. The van der Waals surface area contributed by atoms with Crippen LogP contribution in [0.4, 0.5) is 0 Å². The fraction of sp³-hybridized carbons (Fsp3) is 0.167. The number of para-hydroxylation sites is 1. The van der Waals surface area contributed by atoms with Crippen molar-refractivity contribution in [3.63, 3.8) is 0 Å². The van der Waals surface area contributed by atoms with E-state index in [1.807, 2.05) is 6.92 Å². The number of hydrogen-bond acceptors (Lipinski definition) is 7. The van der Waals surface area contributed by atoms with Crippen LogP contribution in [0.3, 0.4) is 0 Å². The maximum Gasteiger partial charge on any atom is 0.287 e. The lowest BCUT2D eigenvalue weighted by atomic mass is 10.2. The SMILES string of the molecule is CCOc1ccc2nnc(CNC(=O)c3cc(=O)c4ccccc4o3)n2n1. The third-order valence-corrected chi connectivity index (χ3v) is 3.86. The summed E-state index contributed by atoms with van der Waals surface area (Å²) in [7, 11) is 0. The zero-order valence-electron chi connectivity index (χ0n) is 14.4. The molecule has 4 rings (SSSR count). The number of rotatable bonds is 5. The molecular weight excluding hydrogens is 350 g/mol. The quantitative estimate of drug-likeness (QED) is 0.571. The average molecular weight is 365 g/mol. The van der Waals surface area contributed by atoms with E-state index in [0.29, 0.717) is 34.9 Å². The molecular formula is C18H15N5O4. The van der Waals surface area contributed by atoms with Gasteiger partial charge in [0.25, 0.3) is 5.91 Å². The fourth-order valence-electron chi connectivity index (χ4n) is 2.61. The molecule has 0 fully saturated rings. The van der Waals surface area contributed by atoms with Gasteiger partial charge in [0.15, 0.2) is 22.7 Å². The van der Waals surface area contributed by atoms with E-state index in [2.05, 4.69) is 20.6 Å². The molecule has 3 aromatic heterocycles. The number of carbonyl (C=O) groups excluding carboxylic acids is 1. The van der Waals surface area contributed by atoms with Gasteiger partial charge in [0.05, 0.1) is 18.5 Å². The monoisotopic (exact) mass is 365 g/mol. The highest BCUT2D eigenvalue weighted by atomic mass is 16.5. The van der Waals surface area contributed by atoms with Crippen molar-refractivity contribution in [1.29, 1.82) is 0 Å². The van der Waals surface area contributed by atoms with Crippen molar-refractivity contribution in [3.05, 3.63) is 64.3 Å². The van der Waals surface area contributed by atoms with Gasteiger partial charge in [-0.25, -0.2) is 0 Å². The third kappa shape index (κ3) is 3.22. The van der Waals surface area contributed by atoms with Gasteiger partial charge in [0.2, 0.25) is 5.88 Å². The smallest absolute Gasteiger partial charge is 0.287 e. The summed E-state index contributed by atoms with van der Waals surface area (Å²) in [5.41, 5.74) is 0.601. The van der Waals surface area contributed by atoms with Crippen LogP contribution >= 0.6 is 0 Å². The predicted molar refractivity (Wildman–Crippen MR) is 95.6 cm³/mol. The average Bonchev–Trinajstić information content (AvgIpc) is 3.08. The van der Waals surface area contributed by atoms with Crippen LogP contribution in [0.15, 0.2) is 51.7 Å². The van der Waals surface area contributed by atoms with Crippen molar-refractivity contribution in [2.75, 3.05) is 6.61 Å². The molecule has 0 radical (unpaired) electrons. The number of nitrogens with one attached hydrogen (secondary N) is 1. The van der Waals surface area contributed by atoms with E-state index in [1.54, 1.807) is 36.4 Å². The first-order chi connectivity index (χ1) is 13.2. The van der Waals surface area contributed by atoms with Crippen LogP contribution < -0.4 is 15.5 Å². The van der Waals surface area contributed by atoms with Crippen LogP contribution in [-0.4, -0.2) is 32.3 Å². The number of amides is 1. The maximum absolute atomic E-state index is 12.4. The number of fused-ring (bicyclic) bond motifs is 2. The van der Waals surface area contributed by atoms with Crippen molar-refractivity contribution in [2.45, 2.75) is 13.5 Å². The van der Waals surface area contributed by atoms with Crippen LogP contribution in [-0.2, 0) is 6.54 Å². The highest BCUT2D eigenvalue weighted by Gasteiger charge is 2.14. The van der Waals surface area contributed by atoms with Crippen molar-refractivity contribution in [2.24, 2.45) is 0 Å². The molecule has 0 unspecified atom stereocenters. The molecule has 0 aliphatic carbocycles. The van der Waals surface area contributed by atoms with Crippen LogP contribution in [0.2, 0.25) is 0 Å². The Kier molecular flexibility index (Phi) is 4.25. The molecule has 0 aliphatic heterocycles. The minimum absolute atomic E-state index is 0.0547. The maximum atomic E-state index is 12.4. The molecule has 0 bridgehead atoms.